The Balaban J connectivity index is 1.81. The number of anilines is 1. The van der Waals surface area contributed by atoms with E-state index < -0.39 is 41.0 Å². The number of benzene rings is 2. The van der Waals surface area contributed by atoms with Gasteiger partial charge < -0.3 is 15.4 Å². The maximum Gasteiger partial charge on any atom is 0.339 e. The van der Waals surface area contributed by atoms with Crippen molar-refractivity contribution in [2.75, 3.05) is 24.2 Å². The number of hydrogen-bond acceptors (Lipinski definition) is 5. The van der Waals surface area contributed by atoms with Gasteiger partial charge in [0, 0.05) is 11.4 Å². The van der Waals surface area contributed by atoms with Crippen LogP contribution >= 0.6 is 0 Å². The monoisotopic (exact) mass is 406 g/mol. The minimum atomic E-state index is -1.35. The van der Waals surface area contributed by atoms with E-state index in [1.807, 2.05) is 0 Å². The minimum Gasteiger partial charge on any atom is -0.452 e. The highest BCUT2D eigenvalue weighted by molar-refractivity contribution is 7.85. The van der Waals surface area contributed by atoms with E-state index in [1.165, 1.54) is 30.3 Å². The van der Waals surface area contributed by atoms with E-state index in [9.17, 15) is 23.0 Å². The number of esters is 1. The van der Waals surface area contributed by atoms with E-state index in [0.29, 0.717) is 16.3 Å². The first-order valence-electron chi connectivity index (χ1n) is 8.37. The fourth-order valence-corrected chi connectivity index (χ4v) is 3.10. The largest absolute Gasteiger partial charge is 0.452 e. The van der Waals surface area contributed by atoms with Crippen LogP contribution in [-0.4, -0.2) is 40.9 Å². The molecule has 1 atom stereocenters. The second kappa shape index (κ2) is 10.3. The number of ether oxygens (including phenoxy) is 1. The number of nitrogens with one attached hydrogen (secondary N) is 2. The van der Waals surface area contributed by atoms with Crippen molar-refractivity contribution in [1.29, 1.82) is 0 Å². The molecule has 2 N–H and O–H groups in total. The van der Waals surface area contributed by atoms with Gasteiger partial charge in [0.15, 0.2) is 6.61 Å². The predicted octanol–water partition coefficient (Wildman–Crippen LogP) is 1.86. The third-order valence-corrected chi connectivity index (χ3v) is 4.89. The Morgan fingerprint density at radius 2 is 1.71 bits per heavy atom. The smallest absolute Gasteiger partial charge is 0.339 e. The number of carbonyl (C=O) groups is 3. The molecule has 0 radical (unpaired) electrons. The summed E-state index contributed by atoms with van der Waals surface area (Å²) >= 11 is 0. The average Bonchev–Trinajstić information content (AvgIpc) is 2.71. The second-order valence-electron chi connectivity index (χ2n) is 5.54. The highest BCUT2D eigenvalue weighted by atomic mass is 32.2. The van der Waals surface area contributed by atoms with Crippen LogP contribution in [0.15, 0.2) is 53.4 Å². The first-order valence-corrected chi connectivity index (χ1v) is 9.69. The molecule has 28 heavy (non-hydrogen) atoms. The number of halogens is 1. The molecule has 0 aromatic heterocycles. The Morgan fingerprint density at radius 1 is 1.04 bits per heavy atom. The molecule has 7 nitrogen and oxygen atoms in total. The molecule has 2 aromatic carbocycles. The molecule has 9 heteroatoms. The predicted molar refractivity (Wildman–Crippen MR) is 102 cm³/mol. The summed E-state index contributed by atoms with van der Waals surface area (Å²) in [6.45, 7) is 0.794. The Bertz CT molecular complexity index is 886. The van der Waals surface area contributed by atoms with E-state index >= 15 is 0 Å². The van der Waals surface area contributed by atoms with Gasteiger partial charge in [0.2, 0.25) is 5.91 Å². The van der Waals surface area contributed by atoms with Gasteiger partial charge in [-0.2, -0.15) is 0 Å². The second-order valence-corrected chi connectivity index (χ2v) is 7.25. The Labute approximate surface area is 163 Å². The molecule has 2 rings (SSSR count). The van der Waals surface area contributed by atoms with Gasteiger partial charge in [-0.1, -0.05) is 19.1 Å². The maximum absolute atomic E-state index is 12.8. The van der Waals surface area contributed by atoms with Crippen LogP contribution in [0.5, 0.6) is 0 Å². The molecule has 0 saturated heterocycles. The average molecular weight is 406 g/mol. The standard InChI is InChI=1S/C19H19FN2O5S/c1-2-28(26)16-6-4-3-5-15(16)19(25)27-12-18(24)21-11-17(23)22-14-9-7-13(20)8-10-14/h3-10H,2,11-12H2,1H3,(H,21,24)(H,22,23)/t28-/m0/s1. The summed E-state index contributed by atoms with van der Waals surface area (Å²) in [5, 5.41) is 4.79. The number of rotatable bonds is 8. The van der Waals surface area contributed by atoms with E-state index in [4.69, 9.17) is 4.74 Å². The molecule has 0 aliphatic carbocycles. The third-order valence-electron chi connectivity index (χ3n) is 3.52. The Hall–Kier alpha value is -3.07. The molecule has 0 aliphatic heterocycles. The van der Waals surface area contributed by atoms with Gasteiger partial charge in [0.1, 0.15) is 5.82 Å². The fraction of sp³-hybridized carbons (Fsp3) is 0.211. The summed E-state index contributed by atoms with van der Waals surface area (Å²) in [7, 11) is -1.35. The lowest BCUT2D eigenvalue weighted by atomic mass is 10.2. The van der Waals surface area contributed by atoms with Crippen LogP contribution < -0.4 is 10.6 Å². The third kappa shape index (κ3) is 6.27. The van der Waals surface area contributed by atoms with Crippen LogP contribution in [0.1, 0.15) is 17.3 Å². The van der Waals surface area contributed by atoms with Gasteiger partial charge in [-0.05, 0) is 36.4 Å². The van der Waals surface area contributed by atoms with Crippen molar-refractivity contribution in [3.63, 3.8) is 0 Å². The summed E-state index contributed by atoms with van der Waals surface area (Å²) < 4.78 is 29.7. The van der Waals surface area contributed by atoms with Gasteiger partial charge in [-0.15, -0.1) is 0 Å². The molecule has 0 spiro atoms. The molecule has 0 fully saturated rings. The molecular formula is C19H19FN2O5S. The normalized spacial score (nSPS) is 11.4. The number of carbonyl (C=O) groups excluding carboxylic acids is 3. The highest BCUT2D eigenvalue weighted by Crippen LogP contribution is 2.15. The quantitative estimate of drug-likeness (QED) is 0.652. The SMILES string of the molecule is CC[S@](=O)c1ccccc1C(=O)OCC(=O)NCC(=O)Nc1ccc(F)cc1. The van der Waals surface area contributed by atoms with Crippen molar-refractivity contribution in [3.8, 4) is 0 Å². The Kier molecular flexibility index (Phi) is 7.82. The van der Waals surface area contributed by atoms with Gasteiger partial charge in [0.25, 0.3) is 5.91 Å². The van der Waals surface area contributed by atoms with Gasteiger partial charge in [-0.25, -0.2) is 9.18 Å². The lowest BCUT2D eigenvalue weighted by Crippen LogP contribution is -2.35. The number of hydrogen-bond donors (Lipinski definition) is 2. The van der Waals surface area contributed by atoms with E-state index in [2.05, 4.69) is 10.6 Å². The van der Waals surface area contributed by atoms with E-state index in [1.54, 1.807) is 25.1 Å². The van der Waals surface area contributed by atoms with Crippen LogP contribution in [0.25, 0.3) is 0 Å². The van der Waals surface area contributed by atoms with Crippen molar-refractivity contribution in [2.24, 2.45) is 0 Å². The van der Waals surface area contributed by atoms with Crippen molar-refractivity contribution < 1.29 is 27.7 Å². The molecule has 2 aromatic rings. The summed E-state index contributed by atoms with van der Waals surface area (Å²) in [5.41, 5.74) is 0.511. The molecule has 0 saturated carbocycles. The highest BCUT2D eigenvalue weighted by Gasteiger charge is 2.17. The molecule has 2 amide bonds. The maximum atomic E-state index is 12.8. The first-order chi connectivity index (χ1) is 13.4. The molecule has 148 valence electrons. The molecule has 0 aliphatic rings. The van der Waals surface area contributed by atoms with Crippen molar-refractivity contribution >= 4 is 34.3 Å². The Morgan fingerprint density at radius 3 is 2.39 bits per heavy atom. The van der Waals surface area contributed by atoms with Gasteiger partial charge >= 0.3 is 5.97 Å². The van der Waals surface area contributed by atoms with Crippen LogP contribution in [0, 0.1) is 5.82 Å². The van der Waals surface area contributed by atoms with Crippen LogP contribution in [0.4, 0.5) is 10.1 Å². The van der Waals surface area contributed by atoms with E-state index in [0.717, 1.165) is 0 Å². The lowest BCUT2D eigenvalue weighted by Gasteiger charge is -2.09. The fourth-order valence-electron chi connectivity index (χ4n) is 2.17. The van der Waals surface area contributed by atoms with Crippen LogP contribution in [0.2, 0.25) is 0 Å². The molecular weight excluding hydrogens is 387 g/mol. The van der Waals surface area contributed by atoms with Crippen molar-refractivity contribution in [1.82, 2.24) is 5.32 Å². The zero-order valence-corrected chi connectivity index (χ0v) is 15.9. The van der Waals surface area contributed by atoms with Crippen molar-refractivity contribution in [2.45, 2.75) is 11.8 Å². The minimum absolute atomic E-state index is 0.129. The zero-order valence-electron chi connectivity index (χ0n) is 15.1. The molecule has 0 unspecified atom stereocenters. The summed E-state index contributed by atoms with van der Waals surface area (Å²) in [6, 6.07) is 11.4. The zero-order chi connectivity index (χ0) is 20.5. The summed E-state index contributed by atoms with van der Waals surface area (Å²) in [6.07, 6.45) is 0. The van der Waals surface area contributed by atoms with Gasteiger partial charge in [0.05, 0.1) is 27.8 Å². The topological polar surface area (TPSA) is 102 Å². The summed E-state index contributed by atoms with van der Waals surface area (Å²) in [4.78, 5) is 36.0. The molecule has 0 bridgehead atoms. The summed E-state index contributed by atoms with van der Waals surface area (Å²) in [5.74, 6) is -2.05. The van der Waals surface area contributed by atoms with Crippen LogP contribution in [-0.2, 0) is 25.1 Å². The van der Waals surface area contributed by atoms with E-state index in [-0.39, 0.29) is 12.1 Å². The molecule has 0 heterocycles. The first kappa shape index (κ1) is 21.2. The lowest BCUT2D eigenvalue weighted by molar-refractivity contribution is -0.126. The number of amides is 2. The van der Waals surface area contributed by atoms with Crippen LogP contribution in [0.3, 0.4) is 0 Å². The van der Waals surface area contributed by atoms with Gasteiger partial charge in [-0.3, -0.25) is 13.8 Å². The van der Waals surface area contributed by atoms with Crippen molar-refractivity contribution in [3.05, 3.63) is 59.9 Å².